The number of fused-ring (bicyclic) bond motifs is 1. The van der Waals surface area contributed by atoms with Crippen molar-refractivity contribution in [2.45, 2.75) is 57.2 Å². The summed E-state index contributed by atoms with van der Waals surface area (Å²) in [4.78, 5) is 26.6. The topological polar surface area (TPSA) is 75.4 Å². The van der Waals surface area contributed by atoms with E-state index in [1.807, 2.05) is 0 Å². The Morgan fingerprint density at radius 3 is 2.65 bits per heavy atom. The van der Waals surface area contributed by atoms with E-state index >= 15 is 0 Å². The Labute approximate surface area is 137 Å². The Balaban J connectivity index is 1.66. The minimum Gasteiger partial charge on any atom is -0.366 e. The van der Waals surface area contributed by atoms with E-state index in [9.17, 15) is 9.59 Å². The lowest BCUT2D eigenvalue weighted by molar-refractivity contribution is 0.0457. The van der Waals surface area contributed by atoms with Crippen molar-refractivity contribution < 1.29 is 9.59 Å². The van der Waals surface area contributed by atoms with Crippen LogP contribution in [0.15, 0.2) is 24.3 Å². The fourth-order valence-electron chi connectivity index (χ4n) is 4.04. The van der Waals surface area contributed by atoms with Gasteiger partial charge in [-0.1, -0.05) is 18.6 Å². The van der Waals surface area contributed by atoms with Crippen molar-refractivity contribution in [2.24, 2.45) is 5.73 Å². The largest absolute Gasteiger partial charge is 0.366 e. The van der Waals surface area contributed by atoms with Crippen LogP contribution in [0.1, 0.15) is 59.7 Å². The summed E-state index contributed by atoms with van der Waals surface area (Å²) in [5, 5.41) is 3.10. The van der Waals surface area contributed by atoms with Gasteiger partial charge in [0.2, 0.25) is 5.91 Å². The predicted molar refractivity (Wildman–Crippen MR) is 89.3 cm³/mol. The molecule has 5 heteroatoms. The van der Waals surface area contributed by atoms with E-state index in [2.05, 4.69) is 17.1 Å². The van der Waals surface area contributed by atoms with Gasteiger partial charge in [0.1, 0.15) is 0 Å². The Kier molecular flexibility index (Phi) is 4.66. The summed E-state index contributed by atoms with van der Waals surface area (Å²) >= 11 is 0. The van der Waals surface area contributed by atoms with Gasteiger partial charge in [-0.15, -0.1) is 0 Å². The summed E-state index contributed by atoms with van der Waals surface area (Å²) in [6, 6.07) is 8.14. The lowest BCUT2D eigenvalue weighted by Gasteiger charge is -2.46. The highest BCUT2D eigenvalue weighted by Crippen LogP contribution is 2.30. The molecule has 0 radical (unpaired) electrons. The van der Waals surface area contributed by atoms with Crippen molar-refractivity contribution in [3.8, 4) is 0 Å². The Morgan fingerprint density at radius 2 is 1.91 bits per heavy atom. The molecule has 2 amide bonds. The molecule has 1 aromatic rings. The van der Waals surface area contributed by atoms with Crippen LogP contribution < -0.4 is 11.1 Å². The molecular formula is C18H25N3O2. The zero-order valence-electron chi connectivity index (χ0n) is 13.6. The molecule has 2 fully saturated rings. The first-order valence-electron chi connectivity index (χ1n) is 8.51. The smallest absolute Gasteiger partial charge is 0.252 e. The van der Waals surface area contributed by atoms with Gasteiger partial charge in [-0.3, -0.25) is 14.5 Å². The predicted octanol–water partition coefficient (Wildman–Crippen LogP) is 1.92. The maximum Gasteiger partial charge on any atom is 0.252 e. The third kappa shape index (κ3) is 3.39. The maximum absolute atomic E-state index is 12.5. The third-order valence-electron chi connectivity index (χ3n) is 5.26. The van der Waals surface area contributed by atoms with Crippen molar-refractivity contribution in [2.75, 3.05) is 6.54 Å². The van der Waals surface area contributed by atoms with Crippen LogP contribution in [0.3, 0.4) is 0 Å². The van der Waals surface area contributed by atoms with Crippen molar-refractivity contribution in [1.82, 2.24) is 10.2 Å². The minimum atomic E-state index is -0.563. The molecule has 0 aromatic heterocycles. The summed E-state index contributed by atoms with van der Waals surface area (Å²) in [5.41, 5.74) is 6.02. The first kappa shape index (κ1) is 16.0. The number of benzene rings is 1. The number of nitrogens with one attached hydrogen (secondary N) is 1. The lowest BCUT2D eigenvalue weighted by Crippen LogP contribution is -2.54. The number of primary amides is 1. The molecule has 3 N–H and O–H groups in total. The first-order chi connectivity index (χ1) is 11.1. The van der Waals surface area contributed by atoms with Crippen LogP contribution in [0.2, 0.25) is 0 Å². The minimum absolute atomic E-state index is 0.176. The molecule has 2 saturated heterocycles. The Hall–Kier alpha value is -1.88. The fraction of sp³-hybridized carbons (Fsp3) is 0.556. The standard InChI is InChI=1S/C18H25N3O2/c1-12-5-4-6-14-11-13(9-10-21(12)14)20-18(23)16-8-3-2-7-15(16)17(19)22/h2-3,7-8,12-14H,4-6,9-11H2,1H3,(H2,19,22)(H,20,23)/t12-,13+,14-/m1/s1. The van der Waals surface area contributed by atoms with Gasteiger partial charge >= 0.3 is 0 Å². The molecule has 0 aliphatic carbocycles. The number of carbonyl (C=O) groups excluding carboxylic acids is 2. The van der Waals surface area contributed by atoms with Crippen LogP contribution in [0, 0.1) is 0 Å². The molecule has 1 aromatic carbocycles. The van der Waals surface area contributed by atoms with E-state index in [4.69, 9.17) is 5.73 Å². The number of rotatable bonds is 3. The van der Waals surface area contributed by atoms with Crippen molar-refractivity contribution in [3.05, 3.63) is 35.4 Å². The zero-order valence-corrected chi connectivity index (χ0v) is 13.6. The van der Waals surface area contributed by atoms with E-state index in [1.54, 1.807) is 24.3 Å². The number of hydrogen-bond acceptors (Lipinski definition) is 3. The van der Waals surface area contributed by atoms with E-state index in [-0.39, 0.29) is 17.5 Å². The van der Waals surface area contributed by atoms with Crippen LogP contribution in [-0.2, 0) is 0 Å². The van der Waals surface area contributed by atoms with Gasteiger partial charge < -0.3 is 11.1 Å². The molecule has 2 aliphatic rings. The SMILES string of the molecule is C[C@@H]1CCC[C@@H]2C[C@@H](NC(=O)c3ccccc3C(N)=O)CCN21. The second kappa shape index (κ2) is 6.71. The van der Waals surface area contributed by atoms with E-state index in [0.29, 0.717) is 17.6 Å². The first-order valence-corrected chi connectivity index (χ1v) is 8.51. The van der Waals surface area contributed by atoms with Crippen LogP contribution >= 0.6 is 0 Å². The molecule has 0 spiro atoms. The highest BCUT2D eigenvalue weighted by molar-refractivity contribution is 6.06. The van der Waals surface area contributed by atoms with E-state index in [0.717, 1.165) is 19.4 Å². The highest BCUT2D eigenvalue weighted by Gasteiger charge is 2.34. The summed E-state index contributed by atoms with van der Waals surface area (Å²) in [6.07, 6.45) is 5.72. The van der Waals surface area contributed by atoms with E-state index < -0.39 is 5.91 Å². The molecule has 124 valence electrons. The Bertz CT molecular complexity index is 602. The number of amides is 2. The molecule has 0 unspecified atom stereocenters. The number of nitrogens with two attached hydrogens (primary N) is 1. The van der Waals surface area contributed by atoms with Crippen molar-refractivity contribution in [3.63, 3.8) is 0 Å². The molecule has 2 aliphatic heterocycles. The Morgan fingerprint density at radius 1 is 1.17 bits per heavy atom. The average Bonchev–Trinajstić information content (AvgIpc) is 2.55. The average molecular weight is 315 g/mol. The van der Waals surface area contributed by atoms with Gasteiger partial charge in [0.05, 0.1) is 11.1 Å². The summed E-state index contributed by atoms with van der Waals surface area (Å²) in [6.45, 7) is 3.34. The summed E-state index contributed by atoms with van der Waals surface area (Å²) < 4.78 is 0. The van der Waals surface area contributed by atoms with Gasteiger partial charge in [0.15, 0.2) is 0 Å². The number of carbonyl (C=O) groups is 2. The lowest BCUT2D eigenvalue weighted by atomic mass is 9.87. The van der Waals surface area contributed by atoms with Gasteiger partial charge in [-0.2, -0.15) is 0 Å². The van der Waals surface area contributed by atoms with Crippen molar-refractivity contribution >= 4 is 11.8 Å². The molecule has 3 atom stereocenters. The molecule has 2 heterocycles. The molecule has 0 saturated carbocycles. The number of hydrogen-bond donors (Lipinski definition) is 2. The quantitative estimate of drug-likeness (QED) is 0.895. The third-order valence-corrected chi connectivity index (χ3v) is 5.26. The second-order valence-corrected chi connectivity index (χ2v) is 6.78. The van der Waals surface area contributed by atoms with Gasteiger partial charge in [0.25, 0.3) is 5.91 Å². The van der Waals surface area contributed by atoms with Gasteiger partial charge in [-0.05, 0) is 44.7 Å². The molecule has 5 nitrogen and oxygen atoms in total. The van der Waals surface area contributed by atoms with Gasteiger partial charge in [-0.25, -0.2) is 0 Å². The fourth-order valence-corrected chi connectivity index (χ4v) is 4.04. The molecular weight excluding hydrogens is 290 g/mol. The maximum atomic E-state index is 12.5. The van der Waals surface area contributed by atoms with Gasteiger partial charge in [0, 0.05) is 24.7 Å². The number of nitrogens with zero attached hydrogens (tertiary/aromatic N) is 1. The highest BCUT2D eigenvalue weighted by atomic mass is 16.2. The molecule has 0 bridgehead atoms. The second-order valence-electron chi connectivity index (χ2n) is 6.78. The molecule has 3 rings (SSSR count). The molecule has 23 heavy (non-hydrogen) atoms. The zero-order chi connectivity index (χ0) is 16.4. The monoisotopic (exact) mass is 315 g/mol. The van der Waals surface area contributed by atoms with Crippen molar-refractivity contribution in [1.29, 1.82) is 0 Å². The van der Waals surface area contributed by atoms with Crippen LogP contribution in [0.25, 0.3) is 0 Å². The number of piperidine rings is 2. The summed E-state index contributed by atoms with van der Waals surface area (Å²) in [7, 11) is 0. The summed E-state index contributed by atoms with van der Waals surface area (Å²) in [5.74, 6) is -0.756. The van der Waals surface area contributed by atoms with E-state index in [1.165, 1.54) is 19.3 Å². The van der Waals surface area contributed by atoms with Crippen LogP contribution in [0.4, 0.5) is 0 Å². The van der Waals surface area contributed by atoms with Crippen LogP contribution in [0.5, 0.6) is 0 Å². The van der Waals surface area contributed by atoms with Crippen LogP contribution in [-0.4, -0.2) is 41.4 Å². The normalized spacial score (nSPS) is 28.0.